The third-order valence-electron chi connectivity index (χ3n) is 1.56. The average molecular weight is 262 g/mol. The number of halogens is 1. The van der Waals surface area contributed by atoms with Gasteiger partial charge in [0, 0.05) is 4.47 Å². The Morgan fingerprint density at radius 1 is 1.38 bits per heavy atom. The van der Waals surface area contributed by atoms with Crippen LogP contribution in [0.1, 0.15) is 6.92 Å². The summed E-state index contributed by atoms with van der Waals surface area (Å²) >= 11 is 3.21. The average Bonchev–Trinajstić information content (AvgIpc) is 2.04. The summed E-state index contributed by atoms with van der Waals surface area (Å²) in [6, 6.07) is 6.83. The predicted molar refractivity (Wildman–Crippen MR) is 56.2 cm³/mol. The van der Waals surface area contributed by atoms with Crippen LogP contribution in [0.5, 0.6) is 0 Å². The molecule has 1 radical (unpaired) electrons. The Balaban J connectivity index is 3.15. The molecule has 0 bridgehead atoms. The third kappa shape index (κ3) is 2.54. The normalized spacial score (nSPS) is 11.5. The molecule has 0 spiro atoms. The highest BCUT2D eigenvalue weighted by molar-refractivity contribution is 9.10. The number of rotatable bonds is 3. The van der Waals surface area contributed by atoms with Gasteiger partial charge in [0.15, 0.2) is 9.84 Å². The van der Waals surface area contributed by atoms with Gasteiger partial charge in [-0.3, -0.25) is 0 Å². The minimum Gasteiger partial charge on any atom is -0.224 e. The summed E-state index contributed by atoms with van der Waals surface area (Å²) in [6.07, 6.45) is 1.63. The summed E-state index contributed by atoms with van der Waals surface area (Å²) in [4.78, 5) is 0.355. The van der Waals surface area contributed by atoms with Crippen molar-refractivity contribution in [1.82, 2.24) is 0 Å². The summed E-state index contributed by atoms with van der Waals surface area (Å²) in [6.45, 7) is 1.73. The molecule has 0 N–H and O–H groups in total. The van der Waals surface area contributed by atoms with Gasteiger partial charge in [0.05, 0.1) is 10.6 Å². The van der Waals surface area contributed by atoms with Crippen molar-refractivity contribution in [3.05, 3.63) is 35.2 Å². The van der Waals surface area contributed by atoms with Crippen molar-refractivity contribution in [3.63, 3.8) is 0 Å². The number of sulfone groups is 1. The molecule has 13 heavy (non-hydrogen) atoms. The first-order valence-electron chi connectivity index (χ1n) is 3.83. The van der Waals surface area contributed by atoms with Crippen molar-refractivity contribution in [3.8, 4) is 0 Å². The molecule has 0 saturated carbocycles. The van der Waals surface area contributed by atoms with Gasteiger partial charge in [0.25, 0.3) is 0 Å². The quantitative estimate of drug-likeness (QED) is 0.838. The van der Waals surface area contributed by atoms with E-state index in [0.29, 0.717) is 9.37 Å². The lowest BCUT2D eigenvalue weighted by atomic mass is 10.4. The summed E-state index contributed by atoms with van der Waals surface area (Å²) in [7, 11) is -3.14. The topological polar surface area (TPSA) is 34.1 Å². The Morgan fingerprint density at radius 3 is 2.54 bits per heavy atom. The van der Waals surface area contributed by atoms with Crippen LogP contribution < -0.4 is 0 Å². The standard InChI is InChI=1S/C9H10BrO2S/c1-2-7-13(11,12)9-6-4-3-5-8(9)10/h2-6H,7H2,1H3. The van der Waals surface area contributed by atoms with Crippen molar-refractivity contribution in [2.75, 3.05) is 5.75 Å². The van der Waals surface area contributed by atoms with Crippen LogP contribution in [0.4, 0.5) is 0 Å². The summed E-state index contributed by atoms with van der Waals surface area (Å²) < 4.78 is 23.8. The van der Waals surface area contributed by atoms with Crippen molar-refractivity contribution in [2.45, 2.75) is 11.8 Å². The lowest BCUT2D eigenvalue weighted by molar-refractivity contribution is 0.597. The molecule has 0 amide bonds. The van der Waals surface area contributed by atoms with Gasteiger partial charge in [-0.05, 0) is 34.5 Å². The Labute approximate surface area is 87.0 Å². The van der Waals surface area contributed by atoms with Crippen LogP contribution in [0.15, 0.2) is 33.6 Å². The maximum Gasteiger partial charge on any atom is 0.179 e. The van der Waals surface area contributed by atoms with E-state index in [0.717, 1.165) is 0 Å². The fourth-order valence-corrected chi connectivity index (χ4v) is 3.30. The Kier molecular flexibility index (Phi) is 3.50. The van der Waals surface area contributed by atoms with E-state index in [1.807, 2.05) is 0 Å². The van der Waals surface area contributed by atoms with Gasteiger partial charge in [0.1, 0.15) is 0 Å². The van der Waals surface area contributed by atoms with Crippen molar-refractivity contribution in [2.24, 2.45) is 0 Å². The van der Waals surface area contributed by atoms with Crippen molar-refractivity contribution >= 4 is 25.8 Å². The fraction of sp³-hybridized carbons (Fsp3) is 0.222. The molecule has 71 valence electrons. The summed E-state index contributed by atoms with van der Waals surface area (Å²) in [5.41, 5.74) is 0. The second-order valence-electron chi connectivity index (χ2n) is 2.62. The number of hydrogen-bond donors (Lipinski definition) is 0. The number of benzene rings is 1. The summed E-state index contributed by atoms with van der Waals surface area (Å²) in [5.74, 6) is 0.0790. The van der Waals surface area contributed by atoms with Crippen LogP contribution in [-0.2, 0) is 9.84 Å². The first-order valence-corrected chi connectivity index (χ1v) is 6.27. The van der Waals surface area contributed by atoms with Crippen LogP contribution in [0.3, 0.4) is 0 Å². The van der Waals surface area contributed by atoms with E-state index in [-0.39, 0.29) is 5.75 Å². The van der Waals surface area contributed by atoms with Gasteiger partial charge >= 0.3 is 0 Å². The zero-order chi connectivity index (χ0) is 9.90. The van der Waals surface area contributed by atoms with Crippen LogP contribution in [-0.4, -0.2) is 14.2 Å². The van der Waals surface area contributed by atoms with Gasteiger partial charge in [-0.2, -0.15) is 0 Å². The molecule has 0 aromatic heterocycles. The third-order valence-corrected chi connectivity index (χ3v) is 4.31. The lowest BCUT2D eigenvalue weighted by Gasteiger charge is -2.03. The van der Waals surface area contributed by atoms with Gasteiger partial charge in [-0.25, -0.2) is 8.42 Å². The molecule has 0 fully saturated rings. The lowest BCUT2D eigenvalue weighted by Crippen LogP contribution is -2.06. The van der Waals surface area contributed by atoms with Gasteiger partial charge < -0.3 is 0 Å². The van der Waals surface area contributed by atoms with E-state index in [4.69, 9.17) is 0 Å². The summed E-state index contributed by atoms with van der Waals surface area (Å²) in [5, 5.41) is 0. The van der Waals surface area contributed by atoms with Crippen LogP contribution in [0.2, 0.25) is 0 Å². The van der Waals surface area contributed by atoms with E-state index >= 15 is 0 Å². The fourth-order valence-electron chi connectivity index (χ4n) is 1.01. The monoisotopic (exact) mass is 261 g/mol. The van der Waals surface area contributed by atoms with E-state index in [2.05, 4.69) is 15.9 Å². The van der Waals surface area contributed by atoms with Gasteiger partial charge in [-0.1, -0.05) is 19.1 Å². The maximum atomic E-state index is 11.6. The highest BCUT2D eigenvalue weighted by Crippen LogP contribution is 2.22. The highest BCUT2D eigenvalue weighted by Gasteiger charge is 2.15. The minimum atomic E-state index is -3.14. The molecule has 0 saturated heterocycles. The van der Waals surface area contributed by atoms with Gasteiger partial charge in [0.2, 0.25) is 0 Å². The van der Waals surface area contributed by atoms with Crippen molar-refractivity contribution in [1.29, 1.82) is 0 Å². The van der Waals surface area contributed by atoms with E-state index in [1.54, 1.807) is 37.6 Å². The largest absolute Gasteiger partial charge is 0.224 e. The highest BCUT2D eigenvalue weighted by atomic mass is 79.9. The first-order chi connectivity index (χ1) is 6.08. The van der Waals surface area contributed by atoms with Crippen LogP contribution in [0, 0.1) is 6.42 Å². The van der Waals surface area contributed by atoms with Crippen molar-refractivity contribution < 1.29 is 8.42 Å². The molecule has 1 rings (SSSR count). The molecule has 0 aliphatic rings. The Hall–Kier alpha value is -0.350. The minimum absolute atomic E-state index is 0.0790. The molecule has 0 unspecified atom stereocenters. The zero-order valence-corrected chi connectivity index (χ0v) is 9.60. The van der Waals surface area contributed by atoms with Crippen LogP contribution in [0.25, 0.3) is 0 Å². The zero-order valence-electron chi connectivity index (χ0n) is 7.20. The smallest absolute Gasteiger partial charge is 0.179 e. The molecular weight excluding hydrogens is 252 g/mol. The molecule has 0 aliphatic heterocycles. The van der Waals surface area contributed by atoms with Crippen LogP contribution >= 0.6 is 15.9 Å². The molecular formula is C9H10BrO2S. The van der Waals surface area contributed by atoms with E-state index in [9.17, 15) is 8.42 Å². The Morgan fingerprint density at radius 2 is 2.00 bits per heavy atom. The Bertz CT molecular complexity index is 384. The van der Waals surface area contributed by atoms with E-state index < -0.39 is 9.84 Å². The van der Waals surface area contributed by atoms with E-state index in [1.165, 1.54) is 0 Å². The SMILES string of the molecule is C[CH]CS(=O)(=O)c1ccccc1Br. The molecule has 0 heterocycles. The molecule has 1 aromatic rings. The first kappa shape index (κ1) is 10.7. The predicted octanol–water partition coefficient (Wildman–Crippen LogP) is 2.45. The maximum absolute atomic E-state index is 11.6. The molecule has 0 atom stereocenters. The second kappa shape index (κ2) is 4.24. The molecule has 2 nitrogen and oxygen atoms in total. The second-order valence-corrected chi connectivity index (χ2v) is 5.48. The van der Waals surface area contributed by atoms with Gasteiger partial charge in [-0.15, -0.1) is 0 Å². The molecule has 1 aromatic carbocycles. The molecule has 0 aliphatic carbocycles. The molecule has 4 heteroatoms. The number of hydrogen-bond acceptors (Lipinski definition) is 2.